The van der Waals surface area contributed by atoms with Crippen LogP contribution in [0.5, 0.6) is 5.75 Å². The molecule has 8 heteroatoms. The van der Waals surface area contributed by atoms with Gasteiger partial charge in [-0.25, -0.2) is 0 Å². The van der Waals surface area contributed by atoms with Gasteiger partial charge < -0.3 is 19.7 Å². The largest absolute Gasteiger partial charge is 0.492 e. The van der Waals surface area contributed by atoms with Gasteiger partial charge in [0.25, 0.3) is 5.91 Å². The van der Waals surface area contributed by atoms with E-state index in [0.717, 1.165) is 31.8 Å². The molecule has 0 aliphatic carbocycles. The maximum atomic E-state index is 12.0. The van der Waals surface area contributed by atoms with Crippen molar-refractivity contribution in [2.45, 2.75) is 26.7 Å². The number of likely N-dealkylation sites (tertiary alicyclic amines) is 1. The Hall–Kier alpha value is -1.80. The fourth-order valence-electron chi connectivity index (χ4n) is 2.63. The van der Waals surface area contributed by atoms with Crippen LogP contribution in [0.3, 0.4) is 0 Å². The Balaban J connectivity index is 1.69. The molecule has 1 aliphatic heterocycles. The number of carbonyl (C=O) groups excluding carboxylic acids is 2. The molecule has 0 saturated carbocycles. The molecule has 0 spiro atoms. The zero-order chi connectivity index (χ0) is 19.6. The Bertz CT molecular complexity index is 661. The molecule has 1 amide bonds. The van der Waals surface area contributed by atoms with Gasteiger partial charge in [0.1, 0.15) is 10.1 Å². The molecule has 1 aromatic rings. The highest BCUT2D eigenvalue weighted by atomic mass is 32.2. The summed E-state index contributed by atoms with van der Waals surface area (Å²) in [6.45, 7) is 6.13. The van der Waals surface area contributed by atoms with Crippen LogP contribution in [-0.4, -0.2) is 53.2 Å². The lowest BCUT2D eigenvalue weighted by molar-refractivity contribution is -0.144. The summed E-state index contributed by atoms with van der Waals surface area (Å²) in [5.74, 6) is 0.545. The molecule has 1 heterocycles. The normalized spacial score (nSPS) is 14.5. The number of anilines is 1. The number of esters is 1. The molecular weight excluding hydrogens is 384 g/mol. The van der Waals surface area contributed by atoms with Gasteiger partial charge >= 0.3 is 5.97 Å². The summed E-state index contributed by atoms with van der Waals surface area (Å²) in [6, 6.07) is 7.12. The first kappa shape index (κ1) is 21.5. The summed E-state index contributed by atoms with van der Waals surface area (Å²) < 4.78 is 11.2. The summed E-state index contributed by atoms with van der Waals surface area (Å²) in [4.78, 5) is 26.0. The molecule has 0 bridgehead atoms. The Morgan fingerprint density at radius 3 is 2.70 bits per heavy atom. The molecule has 1 aliphatic rings. The highest BCUT2D eigenvalue weighted by Gasteiger charge is 2.19. The fraction of sp³-hybridized carbons (Fsp3) is 0.526. The molecule has 0 unspecified atom stereocenters. The van der Waals surface area contributed by atoms with Crippen molar-refractivity contribution in [3.63, 3.8) is 0 Å². The van der Waals surface area contributed by atoms with E-state index in [1.54, 1.807) is 18.2 Å². The Morgan fingerprint density at radius 1 is 1.30 bits per heavy atom. The van der Waals surface area contributed by atoms with Crippen molar-refractivity contribution in [1.29, 1.82) is 0 Å². The second-order valence-corrected chi connectivity index (χ2v) is 7.97. The number of nitrogens with one attached hydrogen (secondary N) is 1. The van der Waals surface area contributed by atoms with E-state index < -0.39 is 11.9 Å². The number of hydrogen-bond acceptors (Lipinski definition) is 6. The highest BCUT2D eigenvalue weighted by molar-refractivity contribution is 8.23. The van der Waals surface area contributed by atoms with Crippen LogP contribution >= 0.6 is 24.0 Å². The number of thioether (sulfide) groups is 1. The zero-order valence-corrected chi connectivity index (χ0v) is 17.4. The number of amides is 1. The van der Waals surface area contributed by atoms with E-state index in [-0.39, 0.29) is 12.4 Å². The number of carbonyl (C=O) groups is 2. The van der Waals surface area contributed by atoms with Crippen molar-refractivity contribution in [2.75, 3.05) is 37.4 Å². The lowest BCUT2D eigenvalue weighted by Gasteiger charge is -2.31. The maximum absolute atomic E-state index is 12.0. The van der Waals surface area contributed by atoms with E-state index >= 15 is 0 Å². The van der Waals surface area contributed by atoms with E-state index in [2.05, 4.69) is 17.1 Å². The fourth-order valence-corrected chi connectivity index (χ4v) is 3.68. The first-order chi connectivity index (χ1) is 13.0. The minimum atomic E-state index is -0.457. The summed E-state index contributed by atoms with van der Waals surface area (Å²) in [7, 11) is 0. The van der Waals surface area contributed by atoms with Gasteiger partial charge in [-0.2, -0.15) is 0 Å². The van der Waals surface area contributed by atoms with Crippen LogP contribution in [0, 0.1) is 5.92 Å². The number of thiocarbonyl (C=S) groups is 1. The number of benzene rings is 1. The molecule has 1 N–H and O–H groups in total. The molecule has 1 fully saturated rings. The van der Waals surface area contributed by atoms with Crippen molar-refractivity contribution < 1.29 is 19.1 Å². The van der Waals surface area contributed by atoms with Crippen LogP contribution in [0.15, 0.2) is 24.3 Å². The predicted molar refractivity (Wildman–Crippen MR) is 112 cm³/mol. The molecule has 1 saturated heterocycles. The van der Waals surface area contributed by atoms with Gasteiger partial charge in [-0.1, -0.05) is 43.0 Å². The molecule has 0 atom stereocenters. The Morgan fingerprint density at radius 2 is 2.00 bits per heavy atom. The van der Waals surface area contributed by atoms with Crippen LogP contribution in [-0.2, 0) is 14.3 Å². The number of para-hydroxylation sites is 2. The van der Waals surface area contributed by atoms with Gasteiger partial charge in [0, 0.05) is 13.1 Å². The van der Waals surface area contributed by atoms with Gasteiger partial charge in [-0.3, -0.25) is 9.59 Å². The van der Waals surface area contributed by atoms with Crippen molar-refractivity contribution >= 4 is 45.9 Å². The first-order valence-electron chi connectivity index (χ1n) is 9.08. The van der Waals surface area contributed by atoms with Crippen molar-refractivity contribution in [3.8, 4) is 5.75 Å². The monoisotopic (exact) mass is 410 g/mol. The number of ether oxygens (including phenoxy) is 2. The molecule has 0 radical (unpaired) electrons. The second kappa shape index (κ2) is 11.1. The van der Waals surface area contributed by atoms with Crippen molar-refractivity contribution in [3.05, 3.63) is 24.3 Å². The molecule has 148 valence electrons. The molecule has 2 rings (SSSR count). The molecule has 0 aromatic heterocycles. The van der Waals surface area contributed by atoms with Gasteiger partial charge in [-0.15, -0.1) is 0 Å². The minimum absolute atomic E-state index is 0.105. The molecule has 1 aromatic carbocycles. The standard InChI is InChI=1S/C19H26N2O4S2/c1-3-24-16-7-5-4-6-15(16)20-17(22)12-25-18(23)13-27-19(26)21-10-8-14(2)9-11-21/h4-7,14H,3,8-13H2,1-2H3,(H,20,22). The third kappa shape index (κ3) is 7.38. The molecular formula is C19H26N2O4S2. The number of hydrogen-bond donors (Lipinski definition) is 1. The second-order valence-electron chi connectivity index (χ2n) is 6.36. The van der Waals surface area contributed by atoms with Gasteiger partial charge in [0.05, 0.1) is 18.0 Å². The van der Waals surface area contributed by atoms with Gasteiger partial charge in [0.2, 0.25) is 0 Å². The summed E-state index contributed by atoms with van der Waals surface area (Å²) in [5, 5.41) is 2.69. The first-order valence-corrected chi connectivity index (χ1v) is 10.5. The van der Waals surface area contributed by atoms with E-state index in [9.17, 15) is 9.59 Å². The number of rotatable bonds is 7. The van der Waals surface area contributed by atoms with Crippen molar-refractivity contribution in [2.24, 2.45) is 5.92 Å². The van der Waals surface area contributed by atoms with Crippen LogP contribution in [0.2, 0.25) is 0 Å². The van der Waals surface area contributed by atoms with Crippen LogP contribution in [0.25, 0.3) is 0 Å². The summed E-state index contributed by atoms with van der Waals surface area (Å²) >= 11 is 6.67. The Labute approximate surface area is 170 Å². The van der Waals surface area contributed by atoms with E-state index in [0.29, 0.717) is 22.4 Å². The van der Waals surface area contributed by atoms with E-state index in [1.807, 2.05) is 13.0 Å². The number of piperidine rings is 1. The zero-order valence-electron chi connectivity index (χ0n) is 15.7. The van der Waals surface area contributed by atoms with Crippen LogP contribution < -0.4 is 10.1 Å². The Kier molecular flexibility index (Phi) is 8.87. The summed E-state index contributed by atoms with van der Waals surface area (Å²) in [5.41, 5.74) is 0.551. The van der Waals surface area contributed by atoms with Crippen LogP contribution in [0.4, 0.5) is 5.69 Å². The lowest BCUT2D eigenvalue weighted by atomic mass is 10.00. The maximum Gasteiger partial charge on any atom is 0.316 e. The quantitative estimate of drug-likeness (QED) is 0.546. The third-order valence-electron chi connectivity index (χ3n) is 4.18. The smallest absolute Gasteiger partial charge is 0.316 e. The lowest BCUT2D eigenvalue weighted by Crippen LogP contribution is -2.36. The van der Waals surface area contributed by atoms with Crippen LogP contribution in [0.1, 0.15) is 26.7 Å². The van der Waals surface area contributed by atoms with Gasteiger partial charge in [0.15, 0.2) is 6.61 Å². The topological polar surface area (TPSA) is 67.9 Å². The predicted octanol–water partition coefficient (Wildman–Crippen LogP) is 3.32. The minimum Gasteiger partial charge on any atom is -0.492 e. The average Bonchev–Trinajstić information content (AvgIpc) is 2.67. The van der Waals surface area contributed by atoms with Gasteiger partial charge in [-0.05, 0) is 37.8 Å². The third-order valence-corrected chi connectivity index (χ3v) is 5.68. The molecule has 6 nitrogen and oxygen atoms in total. The summed E-state index contributed by atoms with van der Waals surface area (Å²) in [6.07, 6.45) is 2.24. The average molecular weight is 411 g/mol. The van der Waals surface area contributed by atoms with E-state index in [4.69, 9.17) is 21.7 Å². The highest BCUT2D eigenvalue weighted by Crippen LogP contribution is 2.23. The molecule has 27 heavy (non-hydrogen) atoms. The number of nitrogens with zero attached hydrogens (tertiary/aromatic N) is 1. The van der Waals surface area contributed by atoms with E-state index in [1.165, 1.54) is 11.8 Å². The van der Waals surface area contributed by atoms with Crippen molar-refractivity contribution in [1.82, 2.24) is 4.90 Å². The SMILES string of the molecule is CCOc1ccccc1NC(=O)COC(=O)CSC(=S)N1CCC(C)CC1.